The maximum atomic E-state index is 11.5. The van der Waals surface area contributed by atoms with Gasteiger partial charge in [0.2, 0.25) is 0 Å². The molecule has 0 aromatic carbocycles. The summed E-state index contributed by atoms with van der Waals surface area (Å²) in [5.41, 5.74) is -0.159. The van der Waals surface area contributed by atoms with E-state index in [1.165, 1.54) is 0 Å². The van der Waals surface area contributed by atoms with Crippen LogP contribution in [0.5, 0.6) is 0 Å². The Balaban J connectivity index is 2.03. The van der Waals surface area contributed by atoms with Gasteiger partial charge in [-0.15, -0.1) is 0 Å². The molecule has 1 aliphatic rings. The maximum Gasteiger partial charge on any atom is 0.321 e. The molecule has 5 heteroatoms. The zero-order chi connectivity index (χ0) is 13.2. The Labute approximate surface area is 107 Å². The Morgan fingerprint density at radius 1 is 1.50 bits per heavy atom. The van der Waals surface area contributed by atoms with Gasteiger partial charge < -0.3 is 5.11 Å². The zero-order valence-electron chi connectivity index (χ0n) is 11.0. The third-order valence-corrected chi connectivity index (χ3v) is 3.78. The first-order chi connectivity index (χ1) is 8.50. The van der Waals surface area contributed by atoms with E-state index >= 15 is 0 Å². The average molecular weight is 251 g/mol. The second-order valence-electron chi connectivity index (χ2n) is 5.64. The van der Waals surface area contributed by atoms with Crippen LogP contribution in [-0.2, 0) is 11.3 Å². The number of rotatable bonds is 4. The first-order valence-corrected chi connectivity index (χ1v) is 6.45. The lowest BCUT2D eigenvalue weighted by atomic mass is 9.76. The van der Waals surface area contributed by atoms with Crippen molar-refractivity contribution in [3.05, 3.63) is 18.5 Å². The quantitative estimate of drug-likeness (QED) is 0.880. The molecule has 18 heavy (non-hydrogen) atoms. The molecule has 1 N–H and O–H groups in total. The normalized spacial score (nSPS) is 24.0. The molecular weight excluding hydrogens is 230 g/mol. The molecular formula is C13H21N3O2. The Morgan fingerprint density at radius 3 is 2.89 bits per heavy atom. The molecule has 1 fully saturated rings. The minimum Gasteiger partial charge on any atom is -0.480 e. The van der Waals surface area contributed by atoms with E-state index in [-0.39, 0.29) is 11.5 Å². The first kappa shape index (κ1) is 13.1. The van der Waals surface area contributed by atoms with E-state index in [0.29, 0.717) is 0 Å². The summed E-state index contributed by atoms with van der Waals surface area (Å²) in [6, 6.07) is 1.50. The highest BCUT2D eigenvalue weighted by atomic mass is 16.4. The number of carboxylic acids is 1. The Bertz CT molecular complexity index is 400. The number of aromatic nitrogens is 2. The minimum atomic E-state index is -0.708. The predicted molar refractivity (Wildman–Crippen MR) is 68.2 cm³/mol. The predicted octanol–water partition coefficient (Wildman–Crippen LogP) is 1.46. The second kappa shape index (κ2) is 5.10. The molecule has 2 rings (SSSR count). The molecule has 0 bridgehead atoms. The molecule has 1 saturated heterocycles. The van der Waals surface area contributed by atoms with Crippen molar-refractivity contribution in [3.8, 4) is 0 Å². The second-order valence-corrected chi connectivity index (χ2v) is 5.64. The smallest absolute Gasteiger partial charge is 0.321 e. The van der Waals surface area contributed by atoms with Gasteiger partial charge >= 0.3 is 5.97 Å². The number of likely N-dealkylation sites (tertiary alicyclic amines) is 1. The fraction of sp³-hybridized carbons (Fsp3) is 0.692. The van der Waals surface area contributed by atoms with E-state index in [9.17, 15) is 9.90 Å². The molecule has 5 nitrogen and oxygen atoms in total. The summed E-state index contributed by atoms with van der Waals surface area (Å²) >= 11 is 0. The highest BCUT2D eigenvalue weighted by Gasteiger charge is 2.42. The van der Waals surface area contributed by atoms with Gasteiger partial charge in [0.25, 0.3) is 0 Å². The third kappa shape index (κ3) is 2.72. The fourth-order valence-corrected chi connectivity index (χ4v) is 2.89. The maximum absolute atomic E-state index is 11.5. The molecule has 0 radical (unpaired) electrons. The summed E-state index contributed by atoms with van der Waals surface area (Å²) in [6.45, 7) is 6.44. The Kier molecular flexibility index (Phi) is 3.71. The number of hydrogen-bond donors (Lipinski definition) is 1. The van der Waals surface area contributed by atoms with Crippen molar-refractivity contribution < 1.29 is 9.90 Å². The van der Waals surface area contributed by atoms with Crippen LogP contribution in [-0.4, -0.2) is 44.9 Å². The molecule has 0 aliphatic carbocycles. The molecule has 1 aromatic rings. The SMILES string of the molecule is CC1(C)CCCN(CCn2cccn2)C1C(=O)O. The summed E-state index contributed by atoms with van der Waals surface area (Å²) in [6.07, 6.45) is 5.69. The van der Waals surface area contributed by atoms with Crippen molar-refractivity contribution in [2.75, 3.05) is 13.1 Å². The van der Waals surface area contributed by atoms with Crippen LogP contribution < -0.4 is 0 Å². The van der Waals surface area contributed by atoms with Crippen molar-refractivity contribution >= 4 is 5.97 Å². The third-order valence-electron chi connectivity index (χ3n) is 3.78. The molecule has 2 heterocycles. The van der Waals surface area contributed by atoms with Gasteiger partial charge in [-0.1, -0.05) is 13.8 Å². The van der Waals surface area contributed by atoms with Crippen LogP contribution in [0.4, 0.5) is 0 Å². The molecule has 0 saturated carbocycles. The lowest BCUT2D eigenvalue weighted by Crippen LogP contribution is -2.54. The minimum absolute atomic E-state index is 0.159. The summed E-state index contributed by atoms with van der Waals surface area (Å²) in [7, 11) is 0. The van der Waals surface area contributed by atoms with E-state index in [1.54, 1.807) is 6.20 Å². The molecule has 0 amide bonds. The van der Waals surface area contributed by atoms with Gasteiger partial charge in [0.05, 0.1) is 6.54 Å². The van der Waals surface area contributed by atoms with Gasteiger partial charge in [-0.3, -0.25) is 14.4 Å². The van der Waals surface area contributed by atoms with Gasteiger partial charge in [0.1, 0.15) is 6.04 Å². The van der Waals surface area contributed by atoms with Crippen LogP contribution in [0.25, 0.3) is 0 Å². The Morgan fingerprint density at radius 2 is 2.28 bits per heavy atom. The van der Waals surface area contributed by atoms with Crippen LogP contribution in [0.1, 0.15) is 26.7 Å². The molecule has 100 valence electrons. The van der Waals surface area contributed by atoms with E-state index in [0.717, 1.165) is 32.5 Å². The van der Waals surface area contributed by atoms with Crippen molar-refractivity contribution in [2.24, 2.45) is 5.41 Å². The van der Waals surface area contributed by atoms with E-state index in [2.05, 4.69) is 10.00 Å². The fourth-order valence-electron chi connectivity index (χ4n) is 2.89. The molecule has 1 aromatic heterocycles. The van der Waals surface area contributed by atoms with Crippen LogP contribution in [0.2, 0.25) is 0 Å². The number of carboxylic acid groups (broad SMARTS) is 1. The monoisotopic (exact) mass is 251 g/mol. The first-order valence-electron chi connectivity index (χ1n) is 6.45. The average Bonchev–Trinajstić information content (AvgIpc) is 2.77. The number of piperidine rings is 1. The molecule has 0 spiro atoms. The largest absolute Gasteiger partial charge is 0.480 e. The van der Waals surface area contributed by atoms with Crippen molar-refractivity contribution in [3.63, 3.8) is 0 Å². The number of carbonyl (C=O) groups is 1. The van der Waals surface area contributed by atoms with Gasteiger partial charge in [0.15, 0.2) is 0 Å². The number of aliphatic carboxylic acids is 1. The van der Waals surface area contributed by atoms with Crippen LogP contribution >= 0.6 is 0 Å². The lowest BCUT2D eigenvalue weighted by molar-refractivity contribution is -0.150. The standard InChI is InChI=1S/C13H21N3O2/c1-13(2)5-3-7-15(11(13)12(17)18)9-10-16-8-4-6-14-16/h4,6,8,11H,3,5,7,9-10H2,1-2H3,(H,17,18). The molecule has 1 atom stereocenters. The van der Waals surface area contributed by atoms with Crippen LogP contribution in [0.3, 0.4) is 0 Å². The summed E-state index contributed by atoms with van der Waals surface area (Å²) in [5.74, 6) is -0.708. The van der Waals surface area contributed by atoms with Crippen LogP contribution in [0.15, 0.2) is 18.5 Å². The zero-order valence-corrected chi connectivity index (χ0v) is 11.0. The topological polar surface area (TPSA) is 58.4 Å². The number of nitrogens with zero attached hydrogens (tertiary/aromatic N) is 3. The van der Waals surface area contributed by atoms with E-state index in [4.69, 9.17) is 0 Å². The highest BCUT2D eigenvalue weighted by molar-refractivity contribution is 5.74. The lowest BCUT2D eigenvalue weighted by Gasteiger charge is -2.44. The summed E-state index contributed by atoms with van der Waals surface area (Å²) in [4.78, 5) is 13.6. The summed E-state index contributed by atoms with van der Waals surface area (Å²) < 4.78 is 1.85. The molecule has 1 unspecified atom stereocenters. The van der Waals surface area contributed by atoms with Gasteiger partial charge in [-0.25, -0.2) is 0 Å². The summed E-state index contributed by atoms with van der Waals surface area (Å²) in [5, 5.41) is 13.6. The van der Waals surface area contributed by atoms with Crippen molar-refractivity contribution in [2.45, 2.75) is 39.3 Å². The van der Waals surface area contributed by atoms with E-state index < -0.39 is 5.97 Å². The highest BCUT2D eigenvalue weighted by Crippen LogP contribution is 2.35. The van der Waals surface area contributed by atoms with Gasteiger partial charge in [-0.2, -0.15) is 5.10 Å². The number of hydrogen-bond acceptors (Lipinski definition) is 3. The molecule has 1 aliphatic heterocycles. The van der Waals surface area contributed by atoms with Crippen molar-refractivity contribution in [1.82, 2.24) is 14.7 Å². The van der Waals surface area contributed by atoms with Crippen molar-refractivity contribution in [1.29, 1.82) is 0 Å². The van der Waals surface area contributed by atoms with E-state index in [1.807, 2.05) is 30.8 Å². The van der Waals surface area contributed by atoms with Crippen LogP contribution in [0, 0.1) is 5.41 Å². The van der Waals surface area contributed by atoms with Gasteiger partial charge in [0, 0.05) is 18.9 Å². The van der Waals surface area contributed by atoms with Gasteiger partial charge in [-0.05, 0) is 30.9 Å². The Hall–Kier alpha value is -1.36.